The van der Waals surface area contributed by atoms with Crippen LogP contribution >= 0.6 is 11.6 Å². The van der Waals surface area contributed by atoms with Gasteiger partial charge in [-0.2, -0.15) is 4.72 Å². The van der Waals surface area contributed by atoms with E-state index in [1.807, 2.05) is 0 Å². The highest BCUT2D eigenvalue weighted by Gasteiger charge is 2.29. The van der Waals surface area contributed by atoms with Crippen molar-refractivity contribution in [3.63, 3.8) is 0 Å². The van der Waals surface area contributed by atoms with Crippen LogP contribution in [0.5, 0.6) is 0 Å². The number of carbonyl (C=O) groups excluding carboxylic acids is 1. The van der Waals surface area contributed by atoms with Crippen LogP contribution < -0.4 is 4.72 Å². The first kappa shape index (κ1) is 18.4. The van der Waals surface area contributed by atoms with Gasteiger partial charge in [-0.1, -0.05) is 25.4 Å². The molecule has 0 amide bonds. The lowest BCUT2D eigenvalue weighted by Crippen LogP contribution is -2.44. The Bertz CT molecular complexity index is 686. The second-order valence-electron chi connectivity index (χ2n) is 4.82. The van der Waals surface area contributed by atoms with Crippen LogP contribution in [-0.2, 0) is 19.6 Å². The summed E-state index contributed by atoms with van der Waals surface area (Å²) in [6.07, 6.45) is 0. The first-order valence-electron chi connectivity index (χ1n) is 6.23. The first-order chi connectivity index (χ1) is 10.1. The molecule has 0 aliphatic rings. The molecule has 1 aromatic rings. The molecule has 7 nitrogen and oxygen atoms in total. The molecular formula is C13H16ClNO6S. The van der Waals surface area contributed by atoms with Gasteiger partial charge in [0.15, 0.2) is 0 Å². The molecule has 22 heavy (non-hydrogen) atoms. The van der Waals surface area contributed by atoms with Gasteiger partial charge in [-0.3, -0.25) is 4.79 Å². The lowest BCUT2D eigenvalue weighted by atomic mass is 10.1. The maximum atomic E-state index is 12.2. The molecule has 0 spiro atoms. The number of hydrogen-bond acceptors (Lipinski definition) is 5. The fourth-order valence-corrected chi connectivity index (χ4v) is 3.55. The van der Waals surface area contributed by atoms with E-state index in [0.717, 1.165) is 12.1 Å². The molecule has 0 aliphatic heterocycles. The summed E-state index contributed by atoms with van der Waals surface area (Å²) in [5, 5.41) is 8.85. The molecule has 0 saturated heterocycles. The van der Waals surface area contributed by atoms with Gasteiger partial charge >= 0.3 is 11.9 Å². The molecule has 1 aromatic carbocycles. The van der Waals surface area contributed by atoms with Crippen molar-refractivity contribution in [2.45, 2.75) is 24.8 Å². The van der Waals surface area contributed by atoms with Crippen molar-refractivity contribution < 1.29 is 27.9 Å². The number of aliphatic carboxylic acids is 1. The van der Waals surface area contributed by atoms with Crippen molar-refractivity contribution in [3.05, 3.63) is 28.8 Å². The van der Waals surface area contributed by atoms with Crippen LogP contribution in [0, 0.1) is 5.92 Å². The average molecular weight is 350 g/mol. The molecule has 0 heterocycles. The van der Waals surface area contributed by atoms with Crippen molar-refractivity contribution in [3.8, 4) is 0 Å². The number of halogens is 1. The van der Waals surface area contributed by atoms with Gasteiger partial charge in [-0.15, -0.1) is 0 Å². The van der Waals surface area contributed by atoms with Gasteiger partial charge in [0.05, 0.1) is 17.7 Å². The van der Waals surface area contributed by atoms with Gasteiger partial charge in [0.1, 0.15) is 10.9 Å². The molecule has 0 radical (unpaired) electrons. The number of rotatable bonds is 6. The van der Waals surface area contributed by atoms with Crippen molar-refractivity contribution in [1.29, 1.82) is 0 Å². The van der Waals surface area contributed by atoms with Crippen LogP contribution in [0.4, 0.5) is 0 Å². The molecule has 9 heteroatoms. The number of esters is 1. The van der Waals surface area contributed by atoms with E-state index in [1.165, 1.54) is 13.2 Å². The molecule has 0 bridgehead atoms. The number of hydrogen-bond donors (Lipinski definition) is 2. The molecule has 122 valence electrons. The summed E-state index contributed by atoms with van der Waals surface area (Å²) in [4.78, 5) is 22.1. The minimum Gasteiger partial charge on any atom is -0.480 e. The Morgan fingerprint density at radius 1 is 1.32 bits per heavy atom. The minimum atomic E-state index is -4.14. The molecule has 2 N–H and O–H groups in total. The molecular weight excluding hydrogens is 334 g/mol. The maximum Gasteiger partial charge on any atom is 0.337 e. The second-order valence-corrected chi connectivity index (χ2v) is 6.91. The summed E-state index contributed by atoms with van der Waals surface area (Å²) in [5.41, 5.74) is 0.0881. The number of nitrogens with one attached hydrogen (secondary N) is 1. The fraction of sp³-hybridized carbons (Fsp3) is 0.385. The lowest BCUT2D eigenvalue weighted by molar-refractivity contribution is -0.140. The zero-order valence-corrected chi connectivity index (χ0v) is 13.7. The van der Waals surface area contributed by atoms with Crippen LogP contribution in [0.1, 0.15) is 24.2 Å². The van der Waals surface area contributed by atoms with E-state index in [0.29, 0.717) is 0 Å². The Kier molecular flexibility index (Phi) is 5.92. The van der Waals surface area contributed by atoms with E-state index in [4.69, 9.17) is 16.7 Å². The summed E-state index contributed by atoms with van der Waals surface area (Å²) in [6.45, 7) is 3.15. The third-order valence-corrected chi connectivity index (χ3v) is 4.78. The number of sulfonamides is 1. The molecule has 1 atom stereocenters. The number of carboxylic acids is 1. The molecule has 1 rings (SSSR count). The number of benzene rings is 1. The van der Waals surface area contributed by atoms with E-state index in [-0.39, 0.29) is 15.5 Å². The van der Waals surface area contributed by atoms with Gasteiger partial charge in [-0.05, 0) is 24.1 Å². The topological polar surface area (TPSA) is 110 Å². The quantitative estimate of drug-likeness (QED) is 0.753. The first-order valence-corrected chi connectivity index (χ1v) is 8.09. The normalized spacial score (nSPS) is 13.0. The van der Waals surface area contributed by atoms with Crippen LogP contribution in [0.3, 0.4) is 0 Å². The van der Waals surface area contributed by atoms with Crippen molar-refractivity contribution in [2.75, 3.05) is 7.11 Å². The van der Waals surface area contributed by atoms with Crippen molar-refractivity contribution in [1.82, 2.24) is 4.72 Å². The summed E-state index contributed by atoms with van der Waals surface area (Å²) < 4.78 is 31.1. The predicted molar refractivity (Wildman–Crippen MR) is 79.4 cm³/mol. The third kappa shape index (κ3) is 4.19. The van der Waals surface area contributed by atoms with Crippen molar-refractivity contribution in [2.24, 2.45) is 5.92 Å². The zero-order chi connectivity index (χ0) is 17.1. The maximum absolute atomic E-state index is 12.2. The smallest absolute Gasteiger partial charge is 0.337 e. The lowest BCUT2D eigenvalue weighted by Gasteiger charge is -2.18. The molecule has 0 aromatic heterocycles. The Balaban J connectivity index is 3.18. The van der Waals surface area contributed by atoms with E-state index < -0.39 is 33.9 Å². The van der Waals surface area contributed by atoms with E-state index >= 15 is 0 Å². The highest BCUT2D eigenvalue weighted by atomic mass is 35.5. The number of ether oxygens (including phenoxy) is 1. The van der Waals surface area contributed by atoms with Gasteiger partial charge in [-0.25, -0.2) is 13.2 Å². The van der Waals surface area contributed by atoms with Crippen LogP contribution in [0.15, 0.2) is 23.1 Å². The monoisotopic (exact) mass is 349 g/mol. The Morgan fingerprint density at radius 3 is 2.32 bits per heavy atom. The highest BCUT2D eigenvalue weighted by Crippen LogP contribution is 2.23. The fourth-order valence-electron chi connectivity index (χ4n) is 1.67. The van der Waals surface area contributed by atoms with Gasteiger partial charge in [0.2, 0.25) is 10.0 Å². The summed E-state index contributed by atoms with van der Waals surface area (Å²) in [6, 6.07) is 2.21. The van der Waals surface area contributed by atoms with Crippen LogP contribution in [-0.4, -0.2) is 38.6 Å². The van der Waals surface area contributed by atoms with Crippen LogP contribution in [0.25, 0.3) is 0 Å². The zero-order valence-electron chi connectivity index (χ0n) is 12.2. The van der Waals surface area contributed by atoms with Gasteiger partial charge < -0.3 is 9.84 Å². The molecule has 0 aliphatic carbocycles. The van der Waals surface area contributed by atoms with E-state index in [9.17, 15) is 18.0 Å². The number of carboxylic acid groups (broad SMARTS) is 1. The summed E-state index contributed by atoms with van der Waals surface area (Å²) >= 11 is 5.88. The minimum absolute atomic E-state index is 0.0881. The summed E-state index contributed by atoms with van der Waals surface area (Å²) in [5.74, 6) is -2.41. The standard InChI is InChI=1S/C13H16ClNO6S/c1-7(2)11(12(16)17)15-22(19,20)10-5-4-8(6-9(10)14)13(18)21-3/h4-7,11,15H,1-3H3,(H,16,17)/t11-/m1/s1. The largest absolute Gasteiger partial charge is 0.480 e. The number of carbonyl (C=O) groups is 2. The molecule has 0 unspecified atom stereocenters. The Hall–Kier alpha value is -1.64. The molecule has 0 fully saturated rings. The Labute approximate surface area is 133 Å². The van der Waals surface area contributed by atoms with Crippen LogP contribution in [0.2, 0.25) is 5.02 Å². The average Bonchev–Trinajstić information content (AvgIpc) is 2.42. The number of methoxy groups -OCH3 is 1. The SMILES string of the molecule is COC(=O)c1ccc(S(=O)(=O)N[C@@H](C(=O)O)C(C)C)c(Cl)c1. The third-order valence-electron chi connectivity index (χ3n) is 2.86. The van der Waals surface area contributed by atoms with E-state index in [2.05, 4.69) is 9.46 Å². The Morgan fingerprint density at radius 2 is 1.91 bits per heavy atom. The summed E-state index contributed by atoms with van der Waals surface area (Å²) in [7, 11) is -2.96. The predicted octanol–water partition coefficient (Wildman–Crippen LogP) is 1.51. The van der Waals surface area contributed by atoms with Crippen molar-refractivity contribution >= 4 is 33.6 Å². The van der Waals surface area contributed by atoms with Gasteiger partial charge in [0, 0.05) is 0 Å². The molecule has 0 saturated carbocycles. The van der Waals surface area contributed by atoms with E-state index in [1.54, 1.807) is 13.8 Å². The highest BCUT2D eigenvalue weighted by molar-refractivity contribution is 7.89. The van der Waals surface area contributed by atoms with Gasteiger partial charge in [0.25, 0.3) is 0 Å². The second kappa shape index (κ2) is 7.08.